The average molecular weight is 311 g/mol. The van der Waals surface area contributed by atoms with E-state index in [2.05, 4.69) is 15.9 Å². The average Bonchev–Trinajstić information content (AvgIpc) is 2.32. The van der Waals surface area contributed by atoms with Gasteiger partial charge < -0.3 is 9.84 Å². The zero-order chi connectivity index (χ0) is 13.1. The lowest BCUT2D eigenvalue weighted by Gasteiger charge is -2.13. The summed E-state index contributed by atoms with van der Waals surface area (Å²) in [5.74, 6) is 0.442. The molecule has 2 nitrogen and oxygen atoms in total. The summed E-state index contributed by atoms with van der Waals surface area (Å²) in [6.45, 7) is 1.51. The van der Waals surface area contributed by atoms with E-state index in [-0.39, 0.29) is 5.56 Å². The fourth-order valence-corrected chi connectivity index (χ4v) is 1.91. The third kappa shape index (κ3) is 2.89. The zero-order valence-electron chi connectivity index (χ0n) is 9.73. The van der Waals surface area contributed by atoms with Gasteiger partial charge in [-0.2, -0.15) is 0 Å². The van der Waals surface area contributed by atoms with Crippen molar-refractivity contribution in [1.29, 1.82) is 0 Å². The minimum atomic E-state index is -0.920. The van der Waals surface area contributed by atoms with E-state index in [0.717, 1.165) is 4.47 Å². The number of benzene rings is 2. The molecule has 4 heteroatoms. The Morgan fingerprint density at radius 3 is 2.44 bits per heavy atom. The van der Waals surface area contributed by atoms with Gasteiger partial charge in [0.2, 0.25) is 0 Å². The zero-order valence-corrected chi connectivity index (χ0v) is 11.3. The van der Waals surface area contributed by atoms with E-state index in [0.29, 0.717) is 11.5 Å². The van der Waals surface area contributed by atoms with Gasteiger partial charge in [0.15, 0.2) is 0 Å². The van der Waals surface area contributed by atoms with Crippen LogP contribution in [0, 0.1) is 5.82 Å². The molecule has 0 saturated heterocycles. The molecule has 0 unspecified atom stereocenters. The van der Waals surface area contributed by atoms with Crippen molar-refractivity contribution < 1.29 is 14.2 Å². The molecular weight excluding hydrogens is 299 g/mol. The van der Waals surface area contributed by atoms with Crippen LogP contribution in [0.15, 0.2) is 46.9 Å². The van der Waals surface area contributed by atoms with Crippen LogP contribution in [-0.2, 0) is 0 Å². The van der Waals surface area contributed by atoms with Gasteiger partial charge in [0.1, 0.15) is 17.3 Å². The summed E-state index contributed by atoms with van der Waals surface area (Å²) in [7, 11) is 0. The normalized spacial score (nSPS) is 12.2. The number of aliphatic hydroxyl groups is 1. The third-order valence-corrected chi connectivity index (χ3v) is 3.00. The van der Waals surface area contributed by atoms with Crippen LogP contribution in [0.3, 0.4) is 0 Å². The Bertz CT molecular complexity index is 538. The first-order chi connectivity index (χ1) is 8.58. The first-order valence-corrected chi connectivity index (χ1v) is 6.27. The van der Waals surface area contributed by atoms with Crippen LogP contribution in [0.5, 0.6) is 11.5 Å². The van der Waals surface area contributed by atoms with Crippen LogP contribution in [0.2, 0.25) is 0 Å². The van der Waals surface area contributed by atoms with Gasteiger partial charge in [-0.05, 0) is 43.3 Å². The Hall–Kier alpha value is -1.39. The summed E-state index contributed by atoms with van der Waals surface area (Å²) in [6, 6.07) is 11.7. The maximum atomic E-state index is 13.6. The summed E-state index contributed by atoms with van der Waals surface area (Å²) in [6.07, 6.45) is -0.920. The highest BCUT2D eigenvalue weighted by atomic mass is 79.9. The smallest absolute Gasteiger partial charge is 0.136 e. The molecule has 2 aromatic carbocycles. The van der Waals surface area contributed by atoms with Gasteiger partial charge in [0.25, 0.3) is 0 Å². The van der Waals surface area contributed by atoms with Gasteiger partial charge in [-0.25, -0.2) is 4.39 Å². The molecule has 2 rings (SSSR count). The quantitative estimate of drug-likeness (QED) is 0.908. The maximum absolute atomic E-state index is 13.6. The van der Waals surface area contributed by atoms with Gasteiger partial charge in [0, 0.05) is 4.47 Å². The third-order valence-electron chi connectivity index (χ3n) is 2.47. The molecule has 0 fully saturated rings. The molecule has 0 saturated carbocycles. The predicted molar refractivity (Wildman–Crippen MR) is 71.2 cm³/mol. The van der Waals surface area contributed by atoms with Crippen LogP contribution >= 0.6 is 15.9 Å². The van der Waals surface area contributed by atoms with Crippen molar-refractivity contribution >= 4 is 15.9 Å². The molecule has 2 aromatic rings. The maximum Gasteiger partial charge on any atom is 0.136 e. The molecule has 0 aliphatic rings. The standard InChI is InChI=1S/C14H12BrFO2/c1-9(17)14-12(16)3-2-4-13(14)18-11-7-5-10(15)6-8-11/h2-9,17H,1H3/t9-/m0/s1. The molecule has 0 aliphatic heterocycles. The van der Waals surface area contributed by atoms with Crippen LogP contribution < -0.4 is 4.74 Å². The number of hydrogen-bond acceptors (Lipinski definition) is 2. The Balaban J connectivity index is 2.34. The number of ether oxygens (including phenoxy) is 1. The fourth-order valence-electron chi connectivity index (χ4n) is 1.64. The van der Waals surface area contributed by atoms with Gasteiger partial charge in [-0.3, -0.25) is 0 Å². The predicted octanol–water partition coefficient (Wildman–Crippen LogP) is 4.43. The monoisotopic (exact) mass is 310 g/mol. The Morgan fingerprint density at radius 1 is 1.17 bits per heavy atom. The first-order valence-electron chi connectivity index (χ1n) is 5.48. The fraction of sp³-hybridized carbons (Fsp3) is 0.143. The van der Waals surface area contributed by atoms with Crippen molar-refractivity contribution in [3.05, 3.63) is 58.3 Å². The van der Waals surface area contributed by atoms with Crippen molar-refractivity contribution in [1.82, 2.24) is 0 Å². The summed E-state index contributed by atoms with van der Waals surface area (Å²) < 4.78 is 20.1. The Kier molecular flexibility index (Phi) is 3.99. The summed E-state index contributed by atoms with van der Waals surface area (Å²) in [4.78, 5) is 0. The van der Waals surface area contributed by atoms with Crippen LogP contribution in [0.25, 0.3) is 0 Å². The molecule has 18 heavy (non-hydrogen) atoms. The van der Waals surface area contributed by atoms with E-state index < -0.39 is 11.9 Å². The van der Waals surface area contributed by atoms with Crippen molar-refractivity contribution in [2.24, 2.45) is 0 Å². The van der Waals surface area contributed by atoms with Crippen molar-refractivity contribution in [2.75, 3.05) is 0 Å². The SMILES string of the molecule is C[C@H](O)c1c(F)cccc1Oc1ccc(Br)cc1. The highest BCUT2D eigenvalue weighted by Crippen LogP contribution is 2.31. The summed E-state index contributed by atoms with van der Waals surface area (Å²) in [5, 5.41) is 9.58. The minimum absolute atomic E-state index is 0.167. The van der Waals surface area contributed by atoms with E-state index in [4.69, 9.17) is 4.74 Å². The molecule has 0 heterocycles. The molecule has 1 atom stereocenters. The lowest BCUT2D eigenvalue weighted by Crippen LogP contribution is -1.99. The number of halogens is 2. The molecular formula is C14H12BrFO2. The van der Waals surface area contributed by atoms with Crippen LogP contribution in [0.1, 0.15) is 18.6 Å². The lowest BCUT2D eigenvalue weighted by atomic mass is 10.1. The van der Waals surface area contributed by atoms with E-state index in [1.807, 2.05) is 12.1 Å². The molecule has 0 bridgehead atoms. The van der Waals surface area contributed by atoms with Crippen LogP contribution in [-0.4, -0.2) is 5.11 Å². The Morgan fingerprint density at radius 2 is 1.83 bits per heavy atom. The second kappa shape index (κ2) is 5.50. The van der Waals surface area contributed by atoms with E-state index in [9.17, 15) is 9.50 Å². The molecule has 1 N–H and O–H groups in total. The number of hydrogen-bond donors (Lipinski definition) is 1. The summed E-state index contributed by atoms with van der Waals surface area (Å²) >= 11 is 3.32. The molecule has 0 amide bonds. The van der Waals surface area contributed by atoms with Gasteiger partial charge in [-0.15, -0.1) is 0 Å². The highest BCUT2D eigenvalue weighted by molar-refractivity contribution is 9.10. The van der Waals surface area contributed by atoms with Crippen molar-refractivity contribution in [2.45, 2.75) is 13.0 Å². The Labute approximate surface area is 113 Å². The van der Waals surface area contributed by atoms with E-state index in [1.165, 1.54) is 13.0 Å². The van der Waals surface area contributed by atoms with E-state index >= 15 is 0 Å². The largest absolute Gasteiger partial charge is 0.457 e. The second-order valence-electron chi connectivity index (χ2n) is 3.88. The van der Waals surface area contributed by atoms with Crippen LogP contribution in [0.4, 0.5) is 4.39 Å². The van der Waals surface area contributed by atoms with Gasteiger partial charge >= 0.3 is 0 Å². The molecule has 0 aliphatic carbocycles. The second-order valence-corrected chi connectivity index (χ2v) is 4.80. The highest BCUT2D eigenvalue weighted by Gasteiger charge is 2.15. The number of aliphatic hydroxyl groups excluding tert-OH is 1. The number of rotatable bonds is 3. The summed E-state index contributed by atoms with van der Waals surface area (Å²) in [5.41, 5.74) is 0.167. The molecule has 94 valence electrons. The van der Waals surface area contributed by atoms with E-state index in [1.54, 1.807) is 24.3 Å². The molecule has 0 radical (unpaired) electrons. The van der Waals surface area contributed by atoms with Gasteiger partial charge in [0.05, 0.1) is 11.7 Å². The minimum Gasteiger partial charge on any atom is -0.457 e. The topological polar surface area (TPSA) is 29.5 Å². The van der Waals surface area contributed by atoms with Crippen molar-refractivity contribution in [3.8, 4) is 11.5 Å². The first kappa shape index (κ1) is 13.1. The molecule has 0 aromatic heterocycles. The van der Waals surface area contributed by atoms with Crippen molar-refractivity contribution in [3.63, 3.8) is 0 Å². The lowest BCUT2D eigenvalue weighted by molar-refractivity contribution is 0.190. The van der Waals surface area contributed by atoms with Gasteiger partial charge in [-0.1, -0.05) is 22.0 Å². The molecule has 0 spiro atoms.